The van der Waals surface area contributed by atoms with Crippen LogP contribution in [0.1, 0.15) is 20.8 Å². The summed E-state index contributed by atoms with van der Waals surface area (Å²) in [7, 11) is 0. The molecule has 0 spiro atoms. The Morgan fingerprint density at radius 2 is 1.89 bits per heavy atom. The van der Waals surface area contributed by atoms with Gasteiger partial charge in [0.05, 0.1) is 18.8 Å². The molecule has 0 radical (unpaired) electrons. The molecule has 0 aliphatic heterocycles. The van der Waals surface area contributed by atoms with Gasteiger partial charge in [-0.25, -0.2) is 0 Å². The zero-order chi connectivity index (χ0) is 13.9. The van der Waals surface area contributed by atoms with Crippen LogP contribution in [0, 0.1) is 0 Å². The second kappa shape index (κ2) is 5.79. The Hall–Kier alpha value is -1.27. The molecule has 6 heteroatoms. The number of hydrogen-bond donors (Lipinski definition) is 0. The number of tetrazole rings is 1. The molecule has 102 valence electrons. The lowest BCUT2D eigenvalue weighted by Crippen LogP contribution is -2.22. The molecule has 0 unspecified atom stereocenters. The third kappa shape index (κ3) is 4.40. The molecule has 0 atom stereocenters. The van der Waals surface area contributed by atoms with Gasteiger partial charge in [0, 0.05) is 10.0 Å². The predicted molar refractivity (Wildman–Crippen MR) is 76.7 cm³/mol. The summed E-state index contributed by atoms with van der Waals surface area (Å²) in [4.78, 5) is 1.56. The van der Waals surface area contributed by atoms with Crippen LogP contribution in [0.5, 0.6) is 0 Å². The van der Waals surface area contributed by atoms with E-state index in [1.807, 2.05) is 45.0 Å². The van der Waals surface area contributed by atoms with Gasteiger partial charge in [0.1, 0.15) is 0 Å². The number of halogens is 1. The van der Waals surface area contributed by atoms with E-state index < -0.39 is 0 Å². The highest BCUT2D eigenvalue weighted by atomic mass is 79.9. The Balaban J connectivity index is 1.97. The molecule has 1 aromatic carbocycles. The maximum Gasteiger partial charge on any atom is 0.204 e. The van der Waals surface area contributed by atoms with Gasteiger partial charge in [-0.15, -0.1) is 10.2 Å². The van der Waals surface area contributed by atoms with Gasteiger partial charge in [-0.1, -0.05) is 15.9 Å². The lowest BCUT2D eigenvalue weighted by atomic mass is 10.2. The number of aromatic nitrogens is 4. The molecular weight excluding hydrogens is 308 g/mol. The highest BCUT2D eigenvalue weighted by Crippen LogP contribution is 2.17. The SMILES string of the molecule is CC(C)(C)OCCn1nnc(-c2ccc(Br)cc2)n1. The fourth-order valence-corrected chi connectivity index (χ4v) is 1.75. The highest BCUT2D eigenvalue weighted by molar-refractivity contribution is 9.10. The minimum atomic E-state index is -0.144. The van der Waals surface area contributed by atoms with E-state index in [1.54, 1.807) is 4.80 Å². The Morgan fingerprint density at radius 1 is 1.21 bits per heavy atom. The Kier molecular flexibility index (Phi) is 4.31. The number of rotatable bonds is 4. The monoisotopic (exact) mass is 324 g/mol. The Bertz CT molecular complexity index is 530. The predicted octanol–water partition coefficient (Wildman–Crippen LogP) is 2.92. The zero-order valence-corrected chi connectivity index (χ0v) is 12.9. The van der Waals surface area contributed by atoms with Gasteiger partial charge in [0.25, 0.3) is 0 Å². The number of benzene rings is 1. The molecule has 1 aromatic heterocycles. The van der Waals surface area contributed by atoms with Gasteiger partial charge in [0.2, 0.25) is 5.82 Å². The summed E-state index contributed by atoms with van der Waals surface area (Å²) >= 11 is 3.40. The topological polar surface area (TPSA) is 52.8 Å². The summed E-state index contributed by atoms with van der Waals surface area (Å²) in [5.74, 6) is 0.628. The molecule has 0 saturated heterocycles. The van der Waals surface area contributed by atoms with Crippen LogP contribution in [0.3, 0.4) is 0 Å². The van der Waals surface area contributed by atoms with Crippen molar-refractivity contribution in [3.8, 4) is 11.4 Å². The molecule has 19 heavy (non-hydrogen) atoms. The van der Waals surface area contributed by atoms with Crippen LogP contribution in [0.2, 0.25) is 0 Å². The van der Waals surface area contributed by atoms with Crippen molar-refractivity contribution in [2.24, 2.45) is 0 Å². The van der Waals surface area contributed by atoms with Crippen LogP contribution in [-0.4, -0.2) is 32.4 Å². The second-order valence-corrected chi connectivity index (χ2v) is 6.09. The van der Waals surface area contributed by atoms with Gasteiger partial charge >= 0.3 is 0 Å². The maximum absolute atomic E-state index is 5.63. The summed E-state index contributed by atoms with van der Waals surface area (Å²) in [5.41, 5.74) is 0.806. The first-order chi connectivity index (χ1) is 8.94. The smallest absolute Gasteiger partial charge is 0.204 e. The number of nitrogens with zero attached hydrogens (tertiary/aromatic N) is 4. The summed E-state index contributed by atoms with van der Waals surface area (Å²) in [6.45, 7) is 7.24. The fraction of sp³-hybridized carbons (Fsp3) is 0.462. The Labute approximate surface area is 121 Å². The van der Waals surface area contributed by atoms with Crippen molar-refractivity contribution in [3.63, 3.8) is 0 Å². The molecule has 5 nitrogen and oxygen atoms in total. The van der Waals surface area contributed by atoms with E-state index in [1.165, 1.54) is 0 Å². The molecule has 0 bridgehead atoms. The Morgan fingerprint density at radius 3 is 2.53 bits per heavy atom. The zero-order valence-electron chi connectivity index (χ0n) is 11.3. The maximum atomic E-state index is 5.63. The van der Waals surface area contributed by atoms with E-state index in [-0.39, 0.29) is 5.60 Å². The molecule has 1 heterocycles. The van der Waals surface area contributed by atoms with Crippen molar-refractivity contribution < 1.29 is 4.74 Å². The molecule has 2 aromatic rings. The van der Waals surface area contributed by atoms with E-state index in [2.05, 4.69) is 31.3 Å². The second-order valence-electron chi connectivity index (χ2n) is 5.18. The van der Waals surface area contributed by atoms with Crippen LogP contribution in [0.4, 0.5) is 0 Å². The van der Waals surface area contributed by atoms with Gasteiger partial charge in [-0.2, -0.15) is 4.80 Å². The summed E-state index contributed by atoms with van der Waals surface area (Å²) < 4.78 is 6.66. The van der Waals surface area contributed by atoms with Crippen LogP contribution < -0.4 is 0 Å². The van der Waals surface area contributed by atoms with Gasteiger partial charge in [-0.05, 0) is 50.3 Å². The largest absolute Gasteiger partial charge is 0.374 e. The van der Waals surface area contributed by atoms with Crippen LogP contribution in [-0.2, 0) is 11.3 Å². The number of hydrogen-bond acceptors (Lipinski definition) is 4. The standard InChI is InChI=1S/C13H17BrN4O/c1-13(2,3)19-9-8-18-16-12(15-17-18)10-4-6-11(14)7-5-10/h4-7H,8-9H2,1-3H3. The summed E-state index contributed by atoms with van der Waals surface area (Å²) in [6, 6.07) is 7.83. The minimum Gasteiger partial charge on any atom is -0.374 e. The van der Waals surface area contributed by atoms with Crippen molar-refractivity contribution in [2.45, 2.75) is 32.9 Å². The first kappa shape index (κ1) is 14.1. The van der Waals surface area contributed by atoms with Crippen molar-refractivity contribution in [1.82, 2.24) is 20.2 Å². The van der Waals surface area contributed by atoms with Crippen molar-refractivity contribution in [1.29, 1.82) is 0 Å². The average Bonchev–Trinajstić information content (AvgIpc) is 2.77. The highest BCUT2D eigenvalue weighted by Gasteiger charge is 2.10. The van der Waals surface area contributed by atoms with Gasteiger partial charge < -0.3 is 4.74 Å². The average molecular weight is 325 g/mol. The fourth-order valence-electron chi connectivity index (χ4n) is 1.49. The molecule has 0 aliphatic carbocycles. The molecule has 0 aliphatic rings. The third-order valence-electron chi connectivity index (χ3n) is 2.38. The molecular formula is C13H17BrN4O. The van der Waals surface area contributed by atoms with Crippen molar-refractivity contribution in [2.75, 3.05) is 6.61 Å². The van der Waals surface area contributed by atoms with Gasteiger partial charge in [0.15, 0.2) is 0 Å². The lowest BCUT2D eigenvalue weighted by Gasteiger charge is -2.18. The normalized spacial score (nSPS) is 11.8. The van der Waals surface area contributed by atoms with E-state index >= 15 is 0 Å². The number of ether oxygens (including phenoxy) is 1. The van der Waals surface area contributed by atoms with E-state index in [9.17, 15) is 0 Å². The molecule has 2 rings (SSSR count). The lowest BCUT2D eigenvalue weighted by molar-refractivity contribution is -0.00933. The van der Waals surface area contributed by atoms with Crippen molar-refractivity contribution >= 4 is 15.9 Å². The molecule has 0 fully saturated rings. The first-order valence-electron chi connectivity index (χ1n) is 6.12. The van der Waals surface area contributed by atoms with Crippen molar-refractivity contribution in [3.05, 3.63) is 28.7 Å². The van der Waals surface area contributed by atoms with Crippen LogP contribution >= 0.6 is 15.9 Å². The third-order valence-corrected chi connectivity index (χ3v) is 2.91. The first-order valence-corrected chi connectivity index (χ1v) is 6.91. The van der Waals surface area contributed by atoms with E-state index in [4.69, 9.17) is 4.74 Å². The molecule has 0 N–H and O–H groups in total. The summed E-state index contributed by atoms with van der Waals surface area (Å²) in [5, 5.41) is 12.4. The molecule has 0 saturated carbocycles. The van der Waals surface area contributed by atoms with E-state index in [0.717, 1.165) is 10.0 Å². The van der Waals surface area contributed by atoms with Crippen LogP contribution in [0.15, 0.2) is 28.7 Å². The van der Waals surface area contributed by atoms with E-state index in [0.29, 0.717) is 19.0 Å². The van der Waals surface area contributed by atoms with Gasteiger partial charge in [-0.3, -0.25) is 0 Å². The summed E-state index contributed by atoms with van der Waals surface area (Å²) in [6.07, 6.45) is 0. The minimum absolute atomic E-state index is 0.144. The quantitative estimate of drug-likeness (QED) is 0.867. The molecule has 0 amide bonds. The van der Waals surface area contributed by atoms with Crippen LogP contribution in [0.25, 0.3) is 11.4 Å².